The summed E-state index contributed by atoms with van der Waals surface area (Å²) in [4.78, 5) is 2.15. The minimum Gasteiger partial charge on any atom is -0.378 e. The second-order valence-corrected chi connectivity index (χ2v) is 6.20. The molecule has 0 aliphatic heterocycles. The quantitative estimate of drug-likeness (QED) is 0.859. The lowest BCUT2D eigenvalue weighted by molar-refractivity contribution is 0.525. The summed E-state index contributed by atoms with van der Waals surface area (Å²) in [7, 11) is 4.17. The number of nitrogens with one attached hydrogen (secondary N) is 1. The van der Waals surface area contributed by atoms with Crippen LogP contribution in [0, 0.1) is 11.3 Å². The van der Waals surface area contributed by atoms with Crippen LogP contribution in [0.1, 0.15) is 32.3 Å². The summed E-state index contributed by atoms with van der Waals surface area (Å²) in [6.07, 6.45) is 0. The third-order valence-electron chi connectivity index (χ3n) is 4.43. The minimum absolute atomic E-state index is 0.446. The Kier molecular flexibility index (Phi) is 3.67. The number of benzene rings is 1. The lowest BCUT2D eigenvalue weighted by Gasteiger charge is -2.13. The van der Waals surface area contributed by atoms with Gasteiger partial charge in [-0.3, -0.25) is 0 Å². The molecule has 2 atom stereocenters. The molecule has 0 spiro atoms. The first kappa shape index (κ1) is 13.4. The highest BCUT2D eigenvalue weighted by molar-refractivity contribution is 5.48. The van der Waals surface area contributed by atoms with Gasteiger partial charge in [-0.2, -0.15) is 0 Å². The zero-order valence-corrected chi connectivity index (χ0v) is 12.3. The minimum atomic E-state index is 0.446. The molecule has 2 unspecified atom stereocenters. The Morgan fingerprint density at radius 2 is 1.78 bits per heavy atom. The summed E-state index contributed by atoms with van der Waals surface area (Å²) in [5, 5.41) is 3.49. The van der Waals surface area contributed by atoms with E-state index >= 15 is 0 Å². The van der Waals surface area contributed by atoms with Crippen LogP contribution in [-0.2, 0) is 0 Å². The summed E-state index contributed by atoms with van der Waals surface area (Å²) >= 11 is 0. The van der Waals surface area contributed by atoms with Crippen LogP contribution in [0.4, 0.5) is 5.69 Å². The molecule has 1 N–H and O–H groups in total. The maximum absolute atomic E-state index is 3.49. The third kappa shape index (κ3) is 2.39. The van der Waals surface area contributed by atoms with Gasteiger partial charge in [0.15, 0.2) is 0 Å². The highest BCUT2D eigenvalue weighted by Crippen LogP contribution is 2.64. The van der Waals surface area contributed by atoms with Gasteiger partial charge < -0.3 is 10.2 Å². The molecular weight excluding hydrogens is 220 g/mol. The Balaban J connectivity index is 2.08. The Bertz CT molecular complexity index is 392. The summed E-state index contributed by atoms with van der Waals surface area (Å²) in [5.41, 5.74) is 3.22. The largest absolute Gasteiger partial charge is 0.378 e. The van der Waals surface area contributed by atoms with Crippen molar-refractivity contribution >= 4 is 5.69 Å². The van der Waals surface area contributed by atoms with Crippen molar-refractivity contribution in [3.8, 4) is 0 Å². The van der Waals surface area contributed by atoms with E-state index in [1.54, 1.807) is 0 Å². The lowest BCUT2D eigenvalue weighted by atomic mass is 10.0. The van der Waals surface area contributed by atoms with Crippen LogP contribution >= 0.6 is 0 Å². The van der Waals surface area contributed by atoms with Crippen molar-refractivity contribution < 1.29 is 0 Å². The third-order valence-corrected chi connectivity index (χ3v) is 4.43. The predicted molar refractivity (Wildman–Crippen MR) is 79.3 cm³/mol. The predicted octanol–water partition coefficient (Wildman–Crippen LogP) is 3.10. The van der Waals surface area contributed by atoms with Gasteiger partial charge in [0.2, 0.25) is 0 Å². The molecule has 1 aliphatic rings. The van der Waals surface area contributed by atoms with Gasteiger partial charge in [0.25, 0.3) is 0 Å². The van der Waals surface area contributed by atoms with Crippen molar-refractivity contribution in [3.05, 3.63) is 29.8 Å². The van der Waals surface area contributed by atoms with E-state index in [-0.39, 0.29) is 0 Å². The molecule has 0 aromatic heterocycles. The molecule has 1 fully saturated rings. The fourth-order valence-corrected chi connectivity index (χ4v) is 3.07. The van der Waals surface area contributed by atoms with E-state index in [2.05, 4.69) is 69.3 Å². The molecule has 1 aromatic carbocycles. The maximum Gasteiger partial charge on any atom is 0.0361 e. The van der Waals surface area contributed by atoms with Gasteiger partial charge in [-0.05, 0) is 48.0 Å². The van der Waals surface area contributed by atoms with E-state index in [1.807, 2.05) is 0 Å². The summed E-state index contributed by atoms with van der Waals surface area (Å²) in [5.74, 6) is 1.50. The molecule has 2 heteroatoms. The molecular formula is C16H26N2. The second-order valence-electron chi connectivity index (χ2n) is 6.20. The summed E-state index contributed by atoms with van der Waals surface area (Å²) < 4.78 is 0. The van der Waals surface area contributed by atoms with Crippen LogP contribution in [0.2, 0.25) is 0 Å². The van der Waals surface area contributed by atoms with E-state index in [0.29, 0.717) is 11.3 Å². The summed E-state index contributed by atoms with van der Waals surface area (Å²) in [6.45, 7) is 9.16. The first-order chi connectivity index (χ1) is 8.48. The van der Waals surface area contributed by atoms with Crippen molar-refractivity contribution in [1.29, 1.82) is 0 Å². The van der Waals surface area contributed by atoms with Crippen LogP contribution in [0.5, 0.6) is 0 Å². The lowest BCUT2D eigenvalue weighted by Crippen LogP contribution is -2.17. The van der Waals surface area contributed by atoms with Crippen molar-refractivity contribution in [3.63, 3.8) is 0 Å². The first-order valence-corrected chi connectivity index (χ1v) is 6.96. The van der Waals surface area contributed by atoms with Gasteiger partial charge in [-0.15, -0.1) is 0 Å². The number of hydrogen-bond donors (Lipinski definition) is 1. The maximum atomic E-state index is 3.49. The highest BCUT2D eigenvalue weighted by Gasteiger charge is 2.57. The molecule has 1 aromatic rings. The average Bonchev–Trinajstić information content (AvgIpc) is 2.88. The van der Waals surface area contributed by atoms with E-state index in [0.717, 1.165) is 19.0 Å². The van der Waals surface area contributed by atoms with Crippen LogP contribution in [0.3, 0.4) is 0 Å². The van der Waals surface area contributed by atoms with Gasteiger partial charge in [-0.1, -0.05) is 32.9 Å². The van der Waals surface area contributed by atoms with Crippen molar-refractivity contribution in [2.75, 3.05) is 32.1 Å². The van der Waals surface area contributed by atoms with E-state index in [9.17, 15) is 0 Å². The van der Waals surface area contributed by atoms with Gasteiger partial charge in [0.05, 0.1) is 0 Å². The molecule has 2 nitrogen and oxygen atoms in total. The zero-order valence-electron chi connectivity index (χ0n) is 12.3. The van der Waals surface area contributed by atoms with Gasteiger partial charge in [0.1, 0.15) is 0 Å². The van der Waals surface area contributed by atoms with Gasteiger partial charge in [-0.25, -0.2) is 0 Å². The number of anilines is 1. The molecule has 1 saturated carbocycles. The van der Waals surface area contributed by atoms with Crippen molar-refractivity contribution in [1.82, 2.24) is 5.32 Å². The normalized spacial score (nSPS) is 24.9. The van der Waals surface area contributed by atoms with Crippen LogP contribution < -0.4 is 10.2 Å². The Morgan fingerprint density at radius 3 is 2.28 bits per heavy atom. The molecule has 0 heterocycles. The highest BCUT2D eigenvalue weighted by atomic mass is 15.1. The molecule has 1 aliphatic carbocycles. The summed E-state index contributed by atoms with van der Waals surface area (Å²) in [6, 6.07) is 9.06. The van der Waals surface area contributed by atoms with E-state index in [1.165, 1.54) is 11.3 Å². The SMILES string of the molecule is CCNCC1C(c2ccc(N(C)C)cc2)C1(C)C. The zero-order chi connectivity index (χ0) is 13.3. The Hall–Kier alpha value is -1.02. The topological polar surface area (TPSA) is 15.3 Å². The Morgan fingerprint density at radius 1 is 1.17 bits per heavy atom. The molecule has 0 bridgehead atoms. The smallest absolute Gasteiger partial charge is 0.0361 e. The van der Waals surface area contributed by atoms with Crippen molar-refractivity contribution in [2.24, 2.45) is 11.3 Å². The number of rotatable bonds is 5. The van der Waals surface area contributed by atoms with Crippen molar-refractivity contribution in [2.45, 2.75) is 26.7 Å². The van der Waals surface area contributed by atoms with E-state index in [4.69, 9.17) is 0 Å². The van der Waals surface area contributed by atoms with Crippen LogP contribution in [0.25, 0.3) is 0 Å². The molecule has 18 heavy (non-hydrogen) atoms. The standard InChI is InChI=1S/C16H26N2/c1-6-17-11-14-15(16(14,2)3)12-7-9-13(10-8-12)18(4)5/h7-10,14-15,17H,6,11H2,1-5H3. The fourth-order valence-electron chi connectivity index (χ4n) is 3.07. The Labute approximate surface area is 111 Å². The van der Waals surface area contributed by atoms with Crippen LogP contribution in [-0.4, -0.2) is 27.2 Å². The molecule has 0 radical (unpaired) electrons. The molecule has 0 amide bonds. The van der Waals surface area contributed by atoms with E-state index < -0.39 is 0 Å². The second kappa shape index (κ2) is 4.93. The van der Waals surface area contributed by atoms with Gasteiger partial charge >= 0.3 is 0 Å². The molecule has 0 saturated heterocycles. The molecule has 100 valence electrons. The average molecular weight is 246 g/mol. The van der Waals surface area contributed by atoms with Crippen LogP contribution in [0.15, 0.2) is 24.3 Å². The first-order valence-electron chi connectivity index (χ1n) is 6.96. The molecule has 2 rings (SSSR count). The fraction of sp³-hybridized carbons (Fsp3) is 0.625. The number of hydrogen-bond acceptors (Lipinski definition) is 2. The number of nitrogens with zero attached hydrogens (tertiary/aromatic N) is 1. The van der Waals surface area contributed by atoms with Gasteiger partial charge in [0, 0.05) is 19.8 Å². The monoisotopic (exact) mass is 246 g/mol.